The molecule has 6 nitrogen and oxygen atoms in total. The summed E-state index contributed by atoms with van der Waals surface area (Å²) in [6.07, 6.45) is -0.459. The lowest BCUT2D eigenvalue weighted by Crippen LogP contribution is -2.32. The van der Waals surface area contributed by atoms with Gasteiger partial charge in [0.2, 0.25) is 11.8 Å². The average Bonchev–Trinajstić information content (AvgIpc) is 2.81. The maximum absolute atomic E-state index is 11.7. The maximum atomic E-state index is 11.7. The number of aromatic nitrogens is 2. The summed E-state index contributed by atoms with van der Waals surface area (Å²) in [5.41, 5.74) is 1.16. The number of amides is 1. The van der Waals surface area contributed by atoms with Gasteiger partial charge in [-0.25, -0.2) is 4.79 Å². The van der Waals surface area contributed by atoms with E-state index >= 15 is 0 Å². The van der Waals surface area contributed by atoms with Gasteiger partial charge in [0, 0.05) is 19.0 Å². The summed E-state index contributed by atoms with van der Waals surface area (Å²) in [6, 6.07) is 7.54. The van der Waals surface area contributed by atoms with Gasteiger partial charge in [-0.05, 0) is 32.4 Å². The molecule has 0 fully saturated rings. The Morgan fingerprint density at radius 2 is 2.00 bits per heavy atom. The molecule has 6 heteroatoms. The number of benzene rings is 1. The first kappa shape index (κ1) is 15.0. The van der Waals surface area contributed by atoms with E-state index in [4.69, 9.17) is 9.15 Å². The van der Waals surface area contributed by atoms with Gasteiger partial charge >= 0.3 is 6.09 Å². The molecule has 0 unspecified atom stereocenters. The molecule has 1 aromatic heterocycles. The SMILES string of the molecule is Cc1nnc(-c2ccccc2CNC(=O)OC(C)(C)C)o1. The van der Waals surface area contributed by atoms with Gasteiger partial charge in [0.05, 0.1) is 0 Å². The molecule has 21 heavy (non-hydrogen) atoms. The van der Waals surface area contributed by atoms with Crippen molar-refractivity contribution in [2.45, 2.75) is 39.8 Å². The van der Waals surface area contributed by atoms with Crippen LogP contribution in [0.25, 0.3) is 11.5 Å². The van der Waals surface area contributed by atoms with Crippen LogP contribution in [-0.4, -0.2) is 21.9 Å². The monoisotopic (exact) mass is 289 g/mol. The average molecular weight is 289 g/mol. The van der Waals surface area contributed by atoms with Crippen molar-refractivity contribution in [1.29, 1.82) is 0 Å². The highest BCUT2D eigenvalue weighted by Crippen LogP contribution is 2.22. The van der Waals surface area contributed by atoms with Crippen molar-refractivity contribution in [3.8, 4) is 11.5 Å². The lowest BCUT2D eigenvalue weighted by atomic mass is 10.1. The first-order valence-electron chi connectivity index (χ1n) is 6.70. The summed E-state index contributed by atoms with van der Waals surface area (Å²) in [5.74, 6) is 0.939. The Hall–Kier alpha value is -2.37. The van der Waals surface area contributed by atoms with Crippen LogP contribution in [0.3, 0.4) is 0 Å². The molecule has 0 atom stereocenters. The fourth-order valence-corrected chi connectivity index (χ4v) is 1.77. The Balaban J connectivity index is 2.09. The fourth-order valence-electron chi connectivity index (χ4n) is 1.77. The third-order valence-electron chi connectivity index (χ3n) is 2.60. The number of carbonyl (C=O) groups excluding carboxylic acids is 1. The third kappa shape index (κ3) is 4.30. The van der Waals surface area contributed by atoms with E-state index in [1.165, 1.54) is 0 Å². The van der Waals surface area contributed by atoms with Gasteiger partial charge in [-0.1, -0.05) is 18.2 Å². The van der Waals surface area contributed by atoms with E-state index in [1.807, 2.05) is 45.0 Å². The standard InChI is InChI=1S/C15H19N3O3/c1-10-17-18-13(20-10)12-8-6-5-7-11(12)9-16-14(19)21-15(2,3)4/h5-8H,9H2,1-4H3,(H,16,19). The van der Waals surface area contributed by atoms with Crippen LogP contribution in [0, 0.1) is 6.92 Å². The van der Waals surface area contributed by atoms with E-state index in [9.17, 15) is 4.79 Å². The Morgan fingerprint density at radius 3 is 2.62 bits per heavy atom. The number of ether oxygens (including phenoxy) is 1. The van der Waals surface area contributed by atoms with Crippen molar-refractivity contribution in [3.63, 3.8) is 0 Å². The van der Waals surface area contributed by atoms with Crippen molar-refractivity contribution in [3.05, 3.63) is 35.7 Å². The van der Waals surface area contributed by atoms with Crippen LogP contribution >= 0.6 is 0 Å². The van der Waals surface area contributed by atoms with Gasteiger partial charge in [0.25, 0.3) is 0 Å². The molecule has 0 saturated heterocycles. The second-order valence-electron chi connectivity index (χ2n) is 5.64. The van der Waals surface area contributed by atoms with Gasteiger partial charge in [-0.2, -0.15) is 0 Å². The highest BCUT2D eigenvalue weighted by atomic mass is 16.6. The number of hydrogen-bond donors (Lipinski definition) is 1. The van der Waals surface area contributed by atoms with Gasteiger partial charge < -0.3 is 14.5 Å². The number of aryl methyl sites for hydroxylation is 1. The van der Waals surface area contributed by atoms with Crippen LogP contribution in [0.1, 0.15) is 32.2 Å². The van der Waals surface area contributed by atoms with E-state index in [1.54, 1.807) is 6.92 Å². The van der Waals surface area contributed by atoms with Crippen molar-refractivity contribution < 1.29 is 13.9 Å². The van der Waals surface area contributed by atoms with Gasteiger partial charge in [0.1, 0.15) is 5.60 Å². The maximum Gasteiger partial charge on any atom is 0.407 e. The van der Waals surface area contributed by atoms with Crippen molar-refractivity contribution in [1.82, 2.24) is 15.5 Å². The van der Waals surface area contributed by atoms with E-state index in [0.29, 0.717) is 18.3 Å². The predicted molar refractivity (Wildman–Crippen MR) is 77.5 cm³/mol. The summed E-state index contributed by atoms with van der Waals surface area (Å²) < 4.78 is 10.6. The molecule has 2 aromatic rings. The van der Waals surface area contributed by atoms with Gasteiger partial charge in [0.15, 0.2) is 0 Å². The van der Waals surface area contributed by atoms with Crippen molar-refractivity contribution in [2.24, 2.45) is 0 Å². The van der Waals surface area contributed by atoms with E-state index in [-0.39, 0.29) is 0 Å². The minimum Gasteiger partial charge on any atom is -0.444 e. The Labute approximate surface area is 123 Å². The van der Waals surface area contributed by atoms with Crippen LogP contribution < -0.4 is 5.32 Å². The third-order valence-corrected chi connectivity index (χ3v) is 2.60. The fraction of sp³-hybridized carbons (Fsp3) is 0.400. The van der Waals surface area contributed by atoms with Crippen LogP contribution in [-0.2, 0) is 11.3 Å². The molecule has 0 bridgehead atoms. The lowest BCUT2D eigenvalue weighted by molar-refractivity contribution is 0.0523. The van der Waals surface area contributed by atoms with Crippen LogP contribution in [0.5, 0.6) is 0 Å². The molecule has 1 heterocycles. The van der Waals surface area contributed by atoms with Crippen LogP contribution in [0.15, 0.2) is 28.7 Å². The Bertz CT molecular complexity index is 629. The minimum absolute atomic E-state index is 0.326. The molecule has 0 aliphatic heterocycles. The molecule has 1 N–H and O–H groups in total. The zero-order valence-electron chi connectivity index (χ0n) is 12.6. The predicted octanol–water partition coefficient (Wildman–Crippen LogP) is 3.07. The Morgan fingerprint density at radius 1 is 1.29 bits per heavy atom. The number of nitrogens with zero attached hydrogens (tertiary/aromatic N) is 2. The number of hydrogen-bond acceptors (Lipinski definition) is 5. The van der Waals surface area contributed by atoms with Crippen molar-refractivity contribution >= 4 is 6.09 Å². The molecule has 2 rings (SSSR count). The second-order valence-corrected chi connectivity index (χ2v) is 5.64. The molecule has 0 radical (unpaired) electrons. The number of rotatable bonds is 3. The quantitative estimate of drug-likeness (QED) is 0.939. The van der Waals surface area contributed by atoms with Gasteiger partial charge in [-0.3, -0.25) is 0 Å². The number of nitrogens with one attached hydrogen (secondary N) is 1. The summed E-state index contributed by atoms with van der Waals surface area (Å²) in [6.45, 7) is 7.52. The molecule has 0 spiro atoms. The first-order chi connectivity index (χ1) is 9.85. The first-order valence-corrected chi connectivity index (χ1v) is 6.70. The smallest absolute Gasteiger partial charge is 0.407 e. The van der Waals surface area contributed by atoms with E-state index in [2.05, 4.69) is 15.5 Å². The minimum atomic E-state index is -0.521. The normalized spacial score (nSPS) is 11.2. The summed E-state index contributed by atoms with van der Waals surface area (Å²) >= 11 is 0. The molecule has 0 aliphatic rings. The molecule has 1 amide bonds. The van der Waals surface area contributed by atoms with E-state index in [0.717, 1.165) is 11.1 Å². The Kier molecular flexibility index (Phi) is 4.26. The highest BCUT2D eigenvalue weighted by molar-refractivity contribution is 5.68. The number of carbonyl (C=O) groups is 1. The van der Waals surface area contributed by atoms with Crippen LogP contribution in [0.4, 0.5) is 4.79 Å². The summed E-state index contributed by atoms with van der Waals surface area (Å²) in [7, 11) is 0. The molecular formula is C15H19N3O3. The second kappa shape index (κ2) is 5.95. The molecule has 0 aliphatic carbocycles. The lowest BCUT2D eigenvalue weighted by Gasteiger charge is -2.19. The molecule has 0 saturated carbocycles. The zero-order valence-corrected chi connectivity index (χ0v) is 12.6. The van der Waals surface area contributed by atoms with Crippen molar-refractivity contribution in [2.75, 3.05) is 0 Å². The van der Waals surface area contributed by atoms with Gasteiger partial charge in [-0.15, -0.1) is 10.2 Å². The molecular weight excluding hydrogens is 270 g/mol. The highest BCUT2D eigenvalue weighted by Gasteiger charge is 2.17. The molecule has 112 valence electrons. The molecule has 1 aromatic carbocycles. The van der Waals surface area contributed by atoms with Crippen LogP contribution in [0.2, 0.25) is 0 Å². The summed E-state index contributed by atoms with van der Waals surface area (Å²) in [4.78, 5) is 11.7. The number of alkyl carbamates (subject to hydrolysis) is 1. The topological polar surface area (TPSA) is 77.2 Å². The largest absolute Gasteiger partial charge is 0.444 e. The van der Waals surface area contributed by atoms with E-state index < -0.39 is 11.7 Å². The zero-order chi connectivity index (χ0) is 15.5. The summed E-state index contributed by atoms with van der Waals surface area (Å²) in [5, 5.41) is 10.5.